The first-order chi connectivity index (χ1) is 14.0. The lowest BCUT2D eigenvalue weighted by atomic mass is 9.97. The summed E-state index contributed by atoms with van der Waals surface area (Å²) in [5, 5.41) is 22.8. The summed E-state index contributed by atoms with van der Waals surface area (Å²) in [6, 6.07) is 8.80. The second kappa shape index (κ2) is 8.71. The molecule has 0 saturated carbocycles. The van der Waals surface area contributed by atoms with Gasteiger partial charge in [-0.1, -0.05) is 17.3 Å². The first kappa shape index (κ1) is 20.3. The first-order valence-electron chi connectivity index (χ1n) is 9.08. The molecule has 1 saturated heterocycles. The number of carbonyl (C=O) groups excluding carboxylic acids is 1. The summed E-state index contributed by atoms with van der Waals surface area (Å²) in [7, 11) is 2.96. The molecule has 2 heterocycles. The van der Waals surface area contributed by atoms with Crippen molar-refractivity contribution in [1.29, 1.82) is 5.26 Å². The topological polar surface area (TPSA) is 108 Å². The van der Waals surface area contributed by atoms with Crippen LogP contribution in [0.5, 0.6) is 5.75 Å². The number of pyridine rings is 1. The lowest BCUT2D eigenvalue weighted by Crippen LogP contribution is -2.38. The number of carbonyl (C=O) groups is 1. The lowest BCUT2D eigenvalue weighted by molar-refractivity contribution is 0.0674. The Morgan fingerprint density at radius 1 is 1.41 bits per heavy atom. The highest BCUT2D eigenvalue weighted by Crippen LogP contribution is 2.33. The molecule has 0 spiro atoms. The van der Waals surface area contributed by atoms with Crippen molar-refractivity contribution in [1.82, 2.24) is 9.88 Å². The van der Waals surface area contributed by atoms with E-state index in [2.05, 4.69) is 16.2 Å². The van der Waals surface area contributed by atoms with Crippen LogP contribution in [0.1, 0.15) is 28.0 Å². The van der Waals surface area contributed by atoms with Gasteiger partial charge in [-0.15, -0.1) is 0 Å². The van der Waals surface area contributed by atoms with Crippen LogP contribution in [0.2, 0.25) is 0 Å². The van der Waals surface area contributed by atoms with Crippen LogP contribution in [0, 0.1) is 18.3 Å². The summed E-state index contributed by atoms with van der Waals surface area (Å²) >= 11 is 0. The number of nitrogens with zero attached hydrogens (tertiary/aromatic N) is 4. The smallest absolute Gasteiger partial charge is 0.273 e. The van der Waals surface area contributed by atoms with Gasteiger partial charge < -0.3 is 19.6 Å². The van der Waals surface area contributed by atoms with Crippen molar-refractivity contribution in [3.63, 3.8) is 0 Å². The number of hydrogen-bond donors (Lipinski definition) is 1. The number of hydrogen-bond acceptors (Lipinski definition) is 7. The van der Waals surface area contributed by atoms with E-state index in [-0.39, 0.29) is 30.8 Å². The molecular weight excluding hydrogens is 372 g/mol. The van der Waals surface area contributed by atoms with E-state index >= 15 is 0 Å². The number of ether oxygens (including phenoxy) is 1. The minimum absolute atomic E-state index is 0.177. The van der Waals surface area contributed by atoms with Crippen molar-refractivity contribution in [2.45, 2.75) is 19.4 Å². The zero-order valence-electron chi connectivity index (χ0n) is 16.5. The standard InChI is InChI=1S/C21H22N4O4/c1-13-14(9-22)5-4-6-17(13)18-10-23-19(8-20(18)28-2)21(27)25-11-15(24-29-3)7-16(25)12-26/h4-6,8,10,16,26H,7,11-12H2,1-3H3/b24-15+/t16-/m0/s1. The highest BCUT2D eigenvalue weighted by Gasteiger charge is 2.34. The summed E-state index contributed by atoms with van der Waals surface area (Å²) in [5.74, 6) is 0.157. The van der Waals surface area contributed by atoms with Gasteiger partial charge in [0, 0.05) is 24.2 Å². The Bertz CT molecular complexity index is 997. The largest absolute Gasteiger partial charge is 0.496 e. The molecule has 8 nitrogen and oxygen atoms in total. The van der Waals surface area contributed by atoms with Crippen LogP contribution in [0.3, 0.4) is 0 Å². The quantitative estimate of drug-likeness (QED) is 0.779. The molecule has 1 aliphatic rings. The van der Waals surface area contributed by atoms with Crippen LogP contribution in [-0.2, 0) is 4.84 Å². The van der Waals surface area contributed by atoms with Crippen molar-refractivity contribution >= 4 is 11.6 Å². The fraction of sp³-hybridized carbons (Fsp3) is 0.333. The van der Waals surface area contributed by atoms with Gasteiger partial charge in [0.2, 0.25) is 0 Å². The molecule has 29 heavy (non-hydrogen) atoms. The fourth-order valence-electron chi connectivity index (χ4n) is 3.49. The molecule has 8 heteroatoms. The summed E-state index contributed by atoms with van der Waals surface area (Å²) in [6.07, 6.45) is 2.02. The maximum absolute atomic E-state index is 13.0. The van der Waals surface area contributed by atoms with Crippen LogP contribution in [0.15, 0.2) is 35.6 Å². The number of methoxy groups -OCH3 is 1. The maximum Gasteiger partial charge on any atom is 0.273 e. The van der Waals surface area contributed by atoms with Gasteiger partial charge in [0.1, 0.15) is 18.6 Å². The van der Waals surface area contributed by atoms with E-state index in [0.29, 0.717) is 29.0 Å². The Labute approximate surface area is 169 Å². The number of aliphatic hydroxyl groups is 1. The van der Waals surface area contributed by atoms with E-state index in [1.807, 2.05) is 13.0 Å². The first-order valence-corrected chi connectivity index (χ1v) is 9.08. The van der Waals surface area contributed by atoms with E-state index in [1.165, 1.54) is 19.1 Å². The predicted octanol–water partition coefficient (Wildman–Crippen LogP) is 2.15. The number of aliphatic hydroxyl groups excluding tert-OH is 1. The van der Waals surface area contributed by atoms with Crippen molar-refractivity contribution in [2.75, 3.05) is 27.4 Å². The Kier molecular flexibility index (Phi) is 6.10. The molecular formula is C21H22N4O4. The van der Waals surface area contributed by atoms with Crippen LogP contribution in [0.25, 0.3) is 11.1 Å². The molecule has 1 atom stereocenters. The van der Waals surface area contributed by atoms with Crippen molar-refractivity contribution in [3.8, 4) is 22.9 Å². The van der Waals surface area contributed by atoms with Crippen LogP contribution in [0.4, 0.5) is 0 Å². The average molecular weight is 394 g/mol. The van der Waals surface area contributed by atoms with Gasteiger partial charge in [0.05, 0.1) is 43.6 Å². The molecule has 1 aliphatic heterocycles. The third-order valence-electron chi connectivity index (χ3n) is 5.01. The number of nitriles is 1. The molecule has 150 valence electrons. The maximum atomic E-state index is 13.0. The monoisotopic (exact) mass is 394 g/mol. The number of benzene rings is 1. The third kappa shape index (κ3) is 3.91. The number of aromatic nitrogens is 1. The highest BCUT2D eigenvalue weighted by molar-refractivity contribution is 6.00. The van der Waals surface area contributed by atoms with Crippen LogP contribution >= 0.6 is 0 Å². The summed E-state index contributed by atoms with van der Waals surface area (Å²) in [5.41, 5.74) is 3.79. The zero-order chi connectivity index (χ0) is 21.0. The van der Waals surface area contributed by atoms with Gasteiger partial charge >= 0.3 is 0 Å². The van der Waals surface area contributed by atoms with Gasteiger partial charge in [-0.25, -0.2) is 0 Å². The van der Waals surface area contributed by atoms with E-state index in [9.17, 15) is 15.2 Å². The molecule has 1 aromatic carbocycles. The second-order valence-corrected chi connectivity index (χ2v) is 6.67. The van der Waals surface area contributed by atoms with Gasteiger partial charge in [-0.2, -0.15) is 5.26 Å². The zero-order valence-corrected chi connectivity index (χ0v) is 16.5. The van der Waals surface area contributed by atoms with Crippen LogP contribution in [-0.4, -0.2) is 60.0 Å². The fourth-order valence-corrected chi connectivity index (χ4v) is 3.49. The molecule has 0 bridgehead atoms. The molecule has 1 aromatic heterocycles. The molecule has 0 aliphatic carbocycles. The number of rotatable bonds is 5. The van der Waals surface area contributed by atoms with Crippen molar-refractivity contribution in [3.05, 3.63) is 47.3 Å². The van der Waals surface area contributed by atoms with Gasteiger partial charge in [0.25, 0.3) is 5.91 Å². The van der Waals surface area contributed by atoms with Crippen molar-refractivity contribution < 1.29 is 19.5 Å². The number of amides is 1. The Hall–Kier alpha value is -3.44. The molecule has 2 aromatic rings. The molecule has 3 rings (SSSR count). The highest BCUT2D eigenvalue weighted by atomic mass is 16.6. The molecule has 1 fully saturated rings. The third-order valence-corrected chi connectivity index (χ3v) is 5.01. The molecule has 0 unspecified atom stereocenters. The molecule has 1 amide bonds. The minimum atomic E-state index is -0.376. The number of likely N-dealkylation sites (tertiary alicyclic amines) is 1. The Morgan fingerprint density at radius 2 is 2.21 bits per heavy atom. The average Bonchev–Trinajstić information content (AvgIpc) is 3.16. The molecule has 0 radical (unpaired) electrons. The van der Waals surface area contributed by atoms with Gasteiger partial charge in [-0.3, -0.25) is 9.78 Å². The van der Waals surface area contributed by atoms with E-state index in [1.54, 1.807) is 24.4 Å². The lowest BCUT2D eigenvalue weighted by Gasteiger charge is -2.22. The van der Waals surface area contributed by atoms with E-state index < -0.39 is 0 Å². The normalized spacial score (nSPS) is 17.3. The SMILES string of the molecule is CO/N=C1\C[C@@H](CO)N(C(=O)c2cc(OC)c(-c3cccc(C#N)c3C)cn2)C1. The Morgan fingerprint density at radius 3 is 2.86 bits per heavy atom. The summed E-state index contributed by atoms with van der Waals surface area (Å²) in [4.78, 5) is 23.7. The minimum Gasteiger partial charge on any atom is -0.496 e. The number of oxime groups is 1. The van der Waals surface area contributed by atoms with Gasteiger partial charge in [-0.05, 0) is 24.1 Å². The van der Waals surface area contributed by atoms with E-state index in [4.69, 9.17) is 9.57 Å². The second-order valence-electron chi connectivity index (χ2n) is 6.67. The summed E-state index contributed by atoms with van der Waals surface area (Å²) < 4.78 is 5.51. The Balaban J connectivity index is 1.96. The summed E-state index contributed by atoms with van der Waals surface area (Å²) in [6.45, 7) is 1.95. The van der Waals surface area contributed by atoms with E-state index in [0.717, 1.165) is 11.1 Å². The predicted molar refractivity (Wildman–Crippen MR) is 107 cm³/mol. The van der Waals surface area contributed by atoms with Gasteiger partial charge in [0.15, 0.2) is 0 Å². The van der Waals surface area contributed by atoms with Crippen LogP contribution < -0.4 is 4.74 Å². The molecule has 1 N–H and O–H groups in total. The van der Waals surface area contributed by atoms with Crippen molar-refractivity contribution in [2.24, 2.45) is 5.16 Å².